The first kappa shape index (κ1) is 22.9. The lowest BCUT2D eigenvalue weighted by Gasteiger charge is -2.31. The topological polar surface area (TPSA) is 113 Å². The van der Waals surface area contributed by atoms with Gasteiger partial charge in [0.1, 0.15) is 5.00 Å². The molecule has 0 saturated carbocycles. The van der Waals surface area contributed by atoms with Crippen LogP contribution in [0.5, 0.6) is 0 Å². The number of carbonyl (C=O) groups excluding carboxylic acids is 2. The molecule has 8 nitrogen and oxygen atoms in total. The van der Waals surface area contributed by atoms with Gasteiger partial charge >= 0.3 is 0 Å². The van der Waals surface area contributed by atoms with E-state index >= 15 is 0 Å². The second-order valence-corrected chi connectivity index (χ2v) is 11.2. The van der Waals surface area contributed by atoms with E-state index in [2.05, 4.69) is 17.1 Å². The smallest absolute Gasteiger partial charge is 0.251 e. The van der Waals surface area contributed by atoms with Crippen molar-refractivity contribution >= 4 is 38.2 Å². The molecule has 2 aliphatic rings. The molecule has 3 N–H and O–H groups in total. The molecule has 1 aromatic heterocycles. The maximum atomic E-state index is 13.1. The Labute approximate surface area is 192 Å². The summed E-state index contributed by atoms with van der Waals surface area (Å²) in [5.41, 5.74) is 6.99. The van der Waals surface area contributed by atoms with E-state index in [1.165, 1.54) is 15.6 Å². The standard InChI is InChI=1S/C22H28N4O4S2/c1-2-25-12-10-17-18(14-25)31-22(19(17)20(23)27)24-21(28)15-7-6-11-26(13-15)32(29,30)16-8-4-3-5-9-16/h3-5,8-9,15H,2,6-7,10-14H2,1H3,(H2,23,27)(H,24,28). The van der Waals surface area contributed by atoms with E-state index in [-0.39, 0.29) is 17.3 Å². The number of amides is 2. The van der Waals surface area contributed by atoms with Gasteiger partial charge in [0, 0.05) is 31.1 Å². The molecule has 1 fully saturated rings. The number of primary amides is 1. The van der Waals surface area contributed by atoms with Gasteiger partial charge in [-0.1, -0.05) is 25.1 Å². The Hall–Kier alpha value is -2.27. The van der Waals surface area contributed by atoms with Crippen LogP contribution in [0, 0.1) is 5.92 Å². The van der Waals surface area contributed by atoms with Crippen molar-refractivity contribution in [2.24, 2.45) is 11.7 Å². The van der Waals surface area contributed by atoms with E-state index < -0.39 is 21.8 Å². The molecule has 1 saturated heterocycles. The molecule has 1 atom stereocenters. The Morgan fingerprint density at radius 2 is 1.97 bits per heavy atom. The lowest BCUT2D eigenvalue weighted by molar-refractivity contribution is -0.120. The minimum absolute atomic E-state index is 0.115. The number of benzene rings is 1. The summed E-state index contributed by atoms with van der Waals surface area (Å²) in [4.78, 5) is 28.8. The number of carbonyl (C=O) groups is 2. The van der Waals surface area contributed by atoms with E-state index in [9.17, 15) is 18.0 Å². The van der Waals surface area contributed by atoms with E-state index in [1.54, 1.807) is 30.3 Å². The third kappa shape index (κ3) is 4.45. The van der Waals surface area contributed by atoms with Gasteiger partial charge in [0.25, 0.3) is 5.91 Å². The highest BCUT2D eigenvalue weighted by Crippen LogP contribution is 2.37. The molecule has 0 radical (unpaired) electrons. The number of thiophene rings is 1. The van der Waals surface area contributed by atoms with Crippen molar-refractivity contribution in [2.45, 2.75) is 37.6 Å². The van der Waals surface area contributed by atoms with Crippen molar-refractivity contribution in [1.82, 2.24) is 9.21 Å². The molecule has 2 aromatic rings. The summed E-state index contributed by atoms with van der Waals surface area (Å²) < 4.78 is 27.3. The van der Waals surface area contributed by atoms with Crippen LogP contribution in [0.15, 0.2) is 35.2 Å². The number of anilines is 1. The molecular formula is C22H28N4O4S2. The average Bonchev–Trinajstić information content (AvgIpc) is 3.16. The number of rotatable bonds is 6. The molecule has 4 rings (SSSR count). The van der Waals surface area contributed by atoms with Gasteiger partial charge < -0.3 is 11.1 Å². The average molecular weight is 477 g/mol. The number of nitrogens with zero attached hydrogens (tertiary/aromatic N) is 2. The van der Waals surface area contributed by atoms with Gasteiger partial charge in [0.2, 0.25) is 15.9 Å². The van der Waals surface area contributed by atoms with Gasteiger partial charge in [-0.3, -0.25) is 14.5 Å². The first-order chi connectivity index (χ1) is 15.3. The molecule has 2 amide bonds. The van der Waals surface area contributed by atoms with Gasteiger partial charge in [-0.15, -0.1) is 11.3 Å². The predicted molar refractivity (Wildman–Crippen MR) is 124 cm³/mol. The fourth-order valence-corrected chi connectivity index (χ4v) is 7.25. The molecule has 0 aliphatic carbocycles. The maximum absolute atomic E-state index is 13.1. The first-order valence-electron chi connectivity index (χ1n) is 10.8. The van der Waals surface area contributed by atoms with Crippen molar-refractivity contribution < 1.29 is 18.0 Å². The molecule has 0 bridgehead atoms. The van der Waals surface area contributed by atoms with E-state index in [4.69, 9.17) is 5.73 Å². The van der Waals surface area contributed by atoms with Gasteiger partial charge in [-0.25, -0.2) is 8.42 Å². The summed E-state index contributed by atoms with van der Waals surface area (Å²) in [6, 6.07) is 8.26. The second-order valence-electron chi connectivity index (χ2n) is 8.20. The number of sulfonamides is 1. The van der Waals surface area contributed by atoms with Crippen LogP contribution in [-0.2, 0) is 27.8 Å². The highest BCUT2D eigenvalue weighted by molar-refractivity contribution is 7.89. The lowest BCUT2D eigenvalue weighted by Crippen LogP contribution is -2.43. The number of nitrogens with one attached hydrogen (secondary N) is 1. The van der Waals surface area contributed by atoms with Gasteiger partial charge in [0.15, 0.2) is 0 Å². The molecule has 172 valence electrons. The molecule has 10 heteroatoms. The highest BCUT2D eigenvalue weighted by atomic mass is 32.2. The zero-order chi connectivity index (χ0) is 22.9. The van der Waals surface area contributed by atoms with E-state index in [1.807, 2.05) is 0 Å². The van der Waals surface area contributed by atoms with Crippen molar-refractivity contribution in [1.29, 1.82) is 0 Å². The van der Waals surface area contributed by atoms with Crippen LogP contribution in [0.25, 0.3) is 0 Å². The Morgan fingerprint density at radius 1 is 1.22 bits per heavy atom. The summed E-state index contributed by atoms with van der Waals surface area (Å²) in [6.07, 6.45) is 1.91. The van der Waals surface area contributed by atoms with Crippen LogP contribution in [-0.4, -0.2) is 55.6 Å². The number of hydrogen-bond donors (Lipinski definition) is 2. The van der Waals surface area contributed by atoms with Crippen molar-refractivity contribution in [3.63, 3.8) is 0 Å². The number of fused-ring (bicyclic) bond motifs is 1. The second kappa shape index (κ2) is 9.30. The van der Waals surface area contributed by atoms with Gasteiger partial charge in [-0.2, -0.15) is 4.31 Å². The molecular weight excluding hydrogens is 448 g/mol. The van der Waals surface area contributed by atoms with Crippen molar-refractivity contribution in [3.8, 4) is 0 Å². The molecule has 1 unspecified atom stereocenters. The number of piperidine rings is 1. The summed E-state index contributed by atoms with van der Waals surface area (Å²) in [7, 11) is -3.66. The molecule has 32 heavy (non-hydrogen) atoms. The van der Waals surface area contributed by atoms with Crippen LogP contribution < -0.4 is 11.1 Å². The van der Waals surface area contributed by atoms with Crippen LogP contribution >= 0.6 is 11.3 Å². The van der Waals surface area contributed by atoms with Crippen LogP contribution in [0.1, 0.15) is 40.6 Å². The van der Waals surface area contributed by atoms with Crippen molar-refractivity contribution in [2.75, 3.05) is 31.5 Å². The predicted octanol–water partition coefficient (Wildman–Crippen LogP) is 2.26. The molecule has 3 heterocycles. The zero-order valence-corrected chi connectivity index (χ0v) is 19.7. The van der Waals surface area contributed by atoms with E-state index in [0.29, 0.717) is 30.0 Å². The normalized spacial score (nSPS) is 20.0. The third-order valence-corrected chi connectivity index (χ3v) is 9.21. The Bertz CT molecular complexity index is 1110. The number of hydrogen-bond acceptors (Lipinski definition) is 6. The van der Waals surface area contributed by atoms with Crippen LogP contribution in [0.4, 0.5) is 5.00 Å². The van der Waals surface area contributed by atoms with Gasteiger partial charge in [-0.05, 0) is 43.5 Å². The zero-order valence-electron chi connectivity index (χ0n) is 18.0. The fraction of sp³-hybridized carbons (Fsp3) is 0.455. The third-order valence-electron chi connectivity index (χ3n) is 6.20. The molecule has 1 aromatic carbocycles. The lowest BCUT2D eigenvalue weighted by atomic mass is 9.98. The minimum atomic E-state index is -3.66. The Kier molecular flexibility index (Phi) is 6.66. The van der Waals surface area contributed by atoms with Crippen LogP contribution in [0.2, 0.25) is 0 Å². The van der Waals surface area contributed by atoms with Gasteiger partial charge in [0.05, 0.1) is 16.4 Å². The molecule has 2 aliphatic heterocycles. The summed E-state index contributed by atoms with van der Waals surface area (Å²) in [5, 5.41) is 3.38. The largest absolute Gasteiger partial charge is 0.365 e. The quantitative estimate of drug-likeness (QED) is 0.664. The number of likely N-dealkylation sites (N-methyl/N-ethyl adjacent to an activating group) is 1. The Balaban J connectivity index is 1.52. The number of nitrogens with two attached hydrogens (primary N) is 1. The summed E-state index contributed by atoms with van der Waals surface area (Å²) in [5.74, 6) is -1.31. The Morgan fingerprint density at radius 3 is 2.66 bits per heavy atom. The SMILES string of the molecule is CCN1CCc2c(sc(NC(=O)C3CCCN(S(=O)(=O)c4ccccc4)C3)c2C(N)=O)C1. The fourth-order valence-electron chi connectivity index (χ4n) is 4.41. The summed E-state index contributed by atoms with van der Waals surface area (Å²) >= 11 is 1.40. The first-order valence-corrected chi connectivity index (χ1v) is 13.1. The van der Waals surface area contributed by atoms with E-state index in [0.717, 1.165) is 36.5 Å². The molecule has 0 spiro atoms. The monoisotopic (exact) mass is 476 g/mol. The minimum Gasteiger partial charge on any atom is -0.365 e. The van der Waals surface area contributed by atoms with Crippen LogP contribution in [0.3, 0.4) is 0 Å². The van der Waals surface area contributed by atoms with Crippen molar-refractivity contribution in [3.05, 3.63) is 46.3 Å². The maximum Gasteiger partial charge on any atom is 0.251 e. The highest BCUT2D eigenvalue weighted by Gasteiger charge is 2.34. The summed E-state index contributed by atoms with van der Waals surface area (Å²) in [6.45, 7) is 5.09.